The molecule has 2 fully saturated rings. The zero-order valence-electron chi connectivity index (χ0n) is 19.8. The fraction of sp³-hybridized carbons (Fsp3) is 0.864. The topological polar surface area (TPSA) is 79.6 Å². The Bertz CT molecular complexity index is 665. The summed E-state index contributed by atoms with van der Waals surface area (Å²) in [6.07, 6.45) is 7.89. The van der Waals surface area contributed by atoms with E-state index in [1.165, 1.54) is 38.8 Å². The molecule has 9 heteroatoms. The number of aryl methyl sites for hydroxylation is 1. The van der Waals surface area contributed by atoms with Crippen LogP contribution in [0.1, 0.15) is 64.0 Å². The predicted octanol–water partition coefficient (Wildman–Crippen LogP) is 2.86. The van der Waals surface area contributed by atoms with Crippen molar-refractivity contribution in [1.29, 1.82) is 0 Å². The third kappa shape index (κ3) is 8.16. The van der Waals surface area contributed by atoms with Crippen LogP contribution in [0.4, 0.5) is 0 Å². The number of hydrogen-bond acceptors (Lipinski definition) is 5. The van der Waals surface area contributed by atoms with Crippen LogP contribution in [0.3, 0.4) is 0 Å². The number of likely N-dealkylation sites (tertiary alicyclic amines) is 1. The number of guanidine groups is 1. The zero-order valence-corrected chi connectivity index (χ0v) is 22.1. The average molecular weight is 548 g/mol. The van der Waals surface area contributed by atoms with E-state index in [0.717, 1.165) is 50.1 Å². The van der Waals surface area contributed by atoms with Crippen LogP contribution in [0.5, 0.6) is 0 Å². The molecule has 2 aliphatic rings. The summed E-state index contributed by atoms with van der Waals surface area (Å²) < 4.78 is 7.78. The molecular formula is C22H42IN7O. The number of nitrogens with zero attached hydrogens (tertiary/aromatic N) is 5. The fourth-order valence-corrected chi connectivity index (χ4v) is 4.34. The maximum Gasteiger partial charge on any atom is 0.191 e. The van der Waals surface area contributed by atoms with Crippen LogP contribution in [-0.2, 0) is 18.3 Å². The Morgan fingerprint density at radius 3 is 2.45 bits per heavy atom. The molecule has 3 heterocycles. The number of aromatic nitrogens is 3. The van der Waals surface area contributed by atoms with E-state index < -0.39 is 0 Å². The first kappa shape index (κ1) is 26.3. The standard InChI is InChI=1S/C22H41N7O.HI/c1-17(2)20(29-11-7-5-6-8-12-29)15-24-22(23-14-19-10-9-13-30-19)25-16-21-27-26-18(3)28(21)4;/h17,19-20H,5-16H2,1-4H3,(H2,23,24,25);1H. The highest BCUT2D eigenvalue weighted by Gasteiger charge is 2.23. The van der Waals surface area contributed by atoms with E-state index in [4.69, 9.17) is 9.73 Å². The Morgan fingerprint density at radius 1 is 1.13 bits per heavy atom. The first-order valence-corrected chi connectivity index (χ1v) is 11.8. The lowest BCUT2D eigenvalue weighted by Crippen LogP contribution is -2.50. The van der Waals surface area contributed by atoms with Gasteiger partial charge in [0.15, 0.2) is 11.8 Å². The van der Waals surface area contributed by atoms with Gasteiger partial charge in [0.1, 0.15) is 12.4 Å². The second-order valence-electron chi connectivity index (χ2n) is 9.05. The van der Waals surface area contributed by atoms with Crippen molar-refractivity contribution >= 4 is 29.9 Å². The van der Waals surface area contributed by atoms with Crippen LogP contribution in [0.15, 0.2) is 4.99 Å². The Labute approximate surface area is 205 Å². The first-order valence-electron chi connectivity index (χ1n) is 11.8. The van der Waals surface area contributed by atoms with Crippen molar-refractivity contribution < 1.29 is 4.74 Å². The molecule has 2 aliphatic heterocycles. The van der Waals surface area contributed by atoms with Crippen LogP contribution < -0.4 is 10.6 Å². The van der Waals surface area contributed by atoms with Crippen molar-refractivity contribution in [3.8, 4) is 0 Å². The molecule has 0 aromatic carbocycles. The number of nitrogens with one attached hydrogen (secondary N) is 2. The molecule has 2 N–H and O–H groups in total. The van der Waals surface area contributed by atoms with Crippen molar-refractivity contribution in [3.63, 3.8) is 0 Å². The Hall–Kier alpha value is -0.940. The molecule has 1 aromatic heterocycles. The van der Waals surface area contributed by atoms with E-state index >= 15 is 0 Å². The van der Waals surface area contributed by atoms with Gasteiger partial charge in [-0.2, -0.15) is 0 Å². The molecule has 3 rings (SSSR count). The lowest BCUT2D eigenvalue weighted by Gasteiger charge is -2.34. The van der Waals surface area contributed by atoms with Crippen LogP contribution in [0.25, 0.3) is 0 Å². The van der Waals surface area contributed by atoms with E-state index in [2.05, 4.69) is 39.6 Å². The van der Waals surface area contributed by atoms with Gasteiger partial charge in [0.05, 0.1) is 6.10 Å². The van der Waals surface area contributed by atoms with Crippen molar-refractivity contribution in [2.45, 2.75) is 78.0 Å². The Kier molecular flexibility index (Phi) is 11.5. The Balaban J connectivity index is 0.00000341. The van der Waals surface area contributed by atoms with Gasteiger partial charge >= 0.3 is 0 Å². The summed E-state index contributed by atoms with van der Waals surface area (Å²) in [5, 5.41) is 15.5. The molecule has 2 unspecified atom stereocenters. The SMILES string of the molecule is Cc1nnc(CN=C(NCC2CCCO2)NCC(C(C)C)N2CCCCCC2)n1C.I. The molecule has 178 valence electrons. The number of aliphatic imine (C=N–C) groups is 1. The molecule has 0 bridgehead atoms. The van der Waals surface area contributed by atoms with Crippen molar-refractivity contribution in [2.24, 2.45) is 18.0 Å². The maximum absolute atomic E-state index is 5.78. The van der Waals surface area contributed by atoms with E-state index in [9.17, 15) is 0 Å². The summed E-state index contributed by atoms with van der Waals surface area (Å²) in [5.41, 5.74) is 0. The van der Waals surface area contributed by atoms with Crippen LogP contribution >= 0.6 is 24.0 Å². The number of halogens is 1. The van der Waals surface area contributed by atoms with Gasteiger partial charge in [0.2, 0.25) is 0 Å². The van der Waals surface area contributed by atoms with Crippen LogP contribution in [-0.4, -0.2) is 70.6 Å². The highest BCUT2D eigenvalue weighted by atomic mass is 127. The van der Waals surface area contributed by atoms with Gasteiger partial charge in [-0.1, -0.05) is 26.7 Å². The summed E-state index contributed by atoms with van der Waals surface area (Å²) in [6.45, 7) is 12.1. The highest BCUT2D eigenvalue weighted by Crippen LogP contribution is 2.17. The van der Waals surface area contributed by atoms with Crippen molar-refractivity contribution in [3.05, 3.63) is 11.6 Å². The second-order valence-corrected chi connectivity index (χ2v) is 9.05. The van der Waals surface area contributed by atoms with E-state index in [1.807, 2.05) is 18.5 Å². The molecule has 0 radical (unpaired) electrons. The summed E-state index contributed by atoms with van der Waals surface area (Å²) in [5.74, 6) is 3.21. The lowest BCUT2D eigenvalue weighted by molar-refractivity contribution is 0.113. The van der Waals surface area contributed by atoms with Gasteiger partial charge in [-0.15, -0.1) is 34.2 Å². The predicted molar refractivity (Wildman–Crippen MR) is 136 cm³/mol. The third-order valence-corrected chi connectivity index (χ3v) is 6.44. The monoisotopic (exact) mass is 547 g/mol. The molecule has 1 aromatic rings. The second kappa shape index (κ2) is 13.6. The van der Waals surface area contributed by atoms with Gasteiger partial charge in [-0.05, 0) is 51.6 Å². The average Bonchev–Trinajstić information content (AvgIpc) is 3.26. The van der Waals surface area contributed by atoms with E-state index in [1.54, 1.807) is 0 Å². The van der Waals surface area contributed by atoms with Crippen LogP contribution in [0, 0.1) is 12.8 Å². The zero-order chi connectivity index (χ0) is 21.3. The summed E-state index contributed by atoms with van der Waals surface area (Å²) in [6, 6.07) is 0.509. The van der Waals surface area contributed by atoms with Crippen molar-refractivity contribution in [2.75, 3.05) is 32.8 Å². The van der Waals surface area contributed by atoms with Gasteiger partial charge in [0.25, 0.3) is 0 Å². The summed E-state index contributed by atoms with van der Waals surface area (Å²) in [7, 11) is 1.99. The minimum Gasteiger partial charge on any atom is -0.376 e. The Morgan fingerprint density at radius 2 is 1.87 bits per heavy atom. The van der Waals surface area contributed by atoms with E-state index in [0.29, 0.717) is 18.5 Å². The highest BCUT2D eigenvalue weighted by molar-refractivity contribution is 14.0. The fourth-order valence-electron chi connectivity index (χ4n) is 4.34. The molecule has 0 saturated carbocycles. The van der Waals surface area contributed by atoms with E-state index in [-0.39, 0.29) is 30.1 Å². The minimum absolute atomic E-state index is 0. The molecule has 2 atom stereocenters. The molecule has 0 amide bonds. The number of ether oxygens (including phenoxy) is 1. The van der Waals surface area contributed by atoms with Gasteiger partial charge in [-0.25, -0.2) is 4.99 Å². The van der Waals surface area contributed by atoms with Gasteiger partial charge in [0, 0.05) is 32.8 Å². The summed E-state index contributed by atoms with van der Waals surface area (Å²) in [4.78, 5) is 7.50. The summed E-state index contributed by atoms with van der Waals surface area (Å²) >= 11 is 0. The van der Waals surface area contributed by atoms with Crippen LogP contribution in [0.2, 0.25) is 0 Å². The molecule has 2 saturated heterocycles. The van der Waals surface area contributed by atoms with Gasteiger partial charge in [-0.3, -0.25) is 4.90 Å². The first-order chi connectivity index (χ1) is 14.5. The molecule has 31 heavy (non-hydrogen) atoms. The number of hydrogen-bond donors (Lipinski definition) is 2. The largest absolute Gasteiger partial charge is 0.376 e. The quantitative estimate of drug-likeness (QED) is 0.296. The molecule has 0 aliphatic carbocycles. The number of rotatable bonds is 8. The molecule has 8 nitrogen and oxygen atoms in total. The molecule has 0 spiro atoms. The molecular weight excluding hydrogens is 505 g/mol. The van der Waals surface area contributed by atoms with Gasteiger partial charge < -0.3 is 19.9 Å². The normalized spacial score (nSPS) is 21.6. The lowest BCUT2D eigenvalue weighted by atomic mass is 10.0. The smallest absolute Gasteiger partial charge is 0.191 e. The minimum atomic E-state index is 0. The maximum atomic E-state index is 5.78. The third-order valence-electron chi connectivity index (χ3n) is 6.44. The van der Waals surface area contributed by atoms with Crippen molar-refractivity contribution in [1.82, 2.24) is 30.3 Å².